The summed E-state index contributed by atoms with van der Waals surface area (Å²) in [6.45, 7) is 0. The summed E-state index contributed by atoms with van der Waals surface area (Å²) in [4.78, 5) is 2.38. The SMILES string of the molecule is c1ccc(-c2ccc(N(c3ccc(-c4ccc(-c5cccc6ccccc56)cc4)cc3)c3cccc(-c4cccc5c4c4cc6ccccc6cc4n5-c4ccccc4)c3)cc2)cc1. The molecule has 0 saturated carbocycles. The fourth-order valence-corrected chi connectivity index (χ4v) is 9.66. The van der Waals surface area contributed by atoms with E-state index in [4.69, 9.17) is 0 Å². The molecule has 0 aliphatic rings. The van der Waals surface area contributed by atoms with E-state index in [0.717, 1.165) is 28.3 Å². The van der Waals surface area contributed by atoms with Crippen molar-refractivity contribution in [1.82, 2.24) is 4.57 Å². The number of nitrogens with zero attached hydrogens (tertiary/aromatic N) is 2. The van der Waals surface area contributed by atoms with Crippen LogP contribution in [0, 0.1) is 0 Å². The predicted octanol–water partition coefficient (Wildman–Crippen LogP) is 17.2. The van der Waals surface area contributed by atoms with Crippen LogP contribution < -0.4 is 4.90 Å². The fraction of sp³-hybridized carbons (Fsp3) is 0. The standard InChI is InChI=1S/C62H42N2/c1-3-14-43(15-4-1)45-32-36-53(37-33-45)63(54-38-34-46(35-39-54)44-28-30-48(31-29-44)57-25-12-19-47-16-9-10-24-56(47)57)55-23-11-20-51(40-55)58-26-13-27-60-62(58)59-41-49-17-7-8-18-50(49)42-61(59)64(60)52-21-5-2-6-22-52/h1-42H. The molecule has 1 heterocycles. The molecule has 11 aromatic carbocycles. The molecule has 0 amide bonds. The molecule has 0 N–H and O–H groups in total. The molecule has 0 fully saturated rings. The summed E-state index contributed by atoms with van der Waals surface area (Å²) in [5.41, 5.74) is 16.4. The van der Waals surface area contributed by atoms with E-state index in [2.05, 4.69) is 264 Å². The lowest BCUT2D eigenvalue weighted by Gasteiger charge is -2.26. The Kier molecular flexibility index (Phi) is 9.20. The normalized spacial score (nSPS) is 11.4. The average molecular weight is 815 g/mol. The van der Waals surface area contributed by atoms with Crippen molar-refractivity contribution in [2.75, 3.05) is 4.90 Å². The first-order valence-electron chi connectivity index (χ1n) is 22.0. The van der Waals surface area contributed by atoms with Gasteiger partial charge in [0.25, 0.3) is 0 Å². The van der Waals surface area contributed by atoms with E-state index in [1.807, 2.05) is 0 Å². The summed E-state index contributed by atoms with van der Waals surface area (Å²) < 4.78 is 2.42. The lowest BCUT2D eigenvalue weighted by atomic mass is 9.96. The first-order chi connectivity index (χ1) is 31.7. The number of fused-ring (bicyclic) bond motifs is 5. The Morgan fingerprint density at radius 2 is 0.766 bits per heavy atom. The molecule has 2 nitrogen and oxygen atoms in total. The third kappa shape index (κ3) is 6.61. The monoisotopic (exact) mass is 814 g/mol. The molecule has 0 radical (unpaired) electrons. The van der Waals surface area contributed by atoms with Gasteiger partial charge in [-0.15, -0.1) is 0 Å². The van der Waals surface area contributed by atoms with E-state index >= 15 is 0 Å². The van der Waals surface area contributed by atoms with E-state index < -0.39 is 0 Å². The molecule has 0 aliphatic carbocycles. The van der Waals surface area contributed by atoms with Crippen LogP contribution in [0.5, 0.6) is 0 Å². The molecular formula is C62H42N2. The molecule has 0 bridgehead atoms. The maximum atomic E-state index is 2.42. The third-order valence-electron chi connectivity index (χ3n) is 12.8. The fourth-order valence-electron chi connectivity index (χ4n) is 9.66. The van der Waals surface area contributed by atoms with Crippen molar-refractivity contribution in [3.8, 4) is 50.2 Å². The van der Waals surface area contributed by atoms with Crippen molar-refractivity contribution in [2.45, 2.75) is 0 Å². The molecule has 0 saturated heterocycles. The van der Waals surface area contributed by atoms with Crippen molar-refractivity contribution in [3.05, 3.63) is 255 Å². The number of hydrogen-bond acceptors (Lipinski definition) is 1. The summed E-state index contributed by atoms with van der Waals surface area (Å²) >= 11 is 0. The zero-order chi connectivity index (χ0) is 42.4. The molecule has 12 rings (SSSR count). The number of benzene rings is 11. The Labute approximate surface area is 373 Å². The van der Waals surface area contributed by atoms with Gasteiger partial charge in [0.2, 0.25) is 0 Å². The highest BCUT2D eigenvalue weighted by Gasteiger charge is 2.19. The van der Waals surface area contributed by atoms with Crippen LogP contribution in [0.25, 0.3) is 93.5 Å². The summed E-state index contributed by atoms with van der Waals surface area (Å²) in [6, 6.07) is 92.6. The Hall–Kier alpha value is -8.46. The van der Waals surface area contributed by atoms with E-state index in [1.54, 1.807) is 0 Å². The molecule has 0 atom stereocenters. The summed E-state index contributed by atoms with van der Waals surface area (Å²) in [5, 5.41) is 7.49. The van der Waals surface area contributed by atoms with Gasteiger partial charge in [-0.1, -0.05) is 188 Å². The maximum Gasteiger partial charge on any atom is 0.0547 e. The molecule has 1 aromatic heterocycles. The van der Waals surface area contributed by atoms with Gasteiger partial charge in [0, 0.05) is 33.5 Å². The van der Waals surface area contributed by atoms with Crippen LogP contribution in [0.4, 0.5) is 17.1 Å². The second kappa shape index (κ2) is 15.8. The molecule has 0 spiro atoms. The minimum absolute atomic E-state index is 1.09. The number of aromatic nitrogens is 1. The van der Waals surface area contributed by atoms with Gasteiger partial charge in [0.1, 0.15) is 0 Å². The van der Waals surface area contributed by atoms with Gasteiger partial charge in [-0.3, -0.25) is 0 Å². The Bertz CT molecular complexity index is 3620. The highest BCUT2D eigenvalue weighted by molar-refractivity contribution is 6.18. The van der Waals surface area contributed by atoms with Crippen molar-refractivity contribution >= 4 is 60.4 Å². The van der Waals surface area contributed by atoms with E-state index in [1.165, 1.54) is 82.3 Å². The lowest BCUT2D eigenvalue weighted by Crippen LogP contribution is -2.10. The minimum atomic E-state index is 1.09. The van der Waals surface area contributed by atoms with Crippen molar-refractivity contribution in [3.63, 3.8) is 0 Å². The highest BCUT2D eigenvalue weighted by Crippen LogP contribution is 2.43. The van der Waals surface area contributed by atoms with Crippen LogP contribution in [0.15, 0.2) is 255 Å². The second-order valence-corrected chi connectivity index (χ2v) is 16.5. The van der Waals surface area contributed by atoms with Crippen LogP contribution >= 0.6 is 0 Å². The number of para-hydroxylation sites is 1. The van der Waals surface area contributed by atoms with Crippen LogP contribution in [-0.4, -0.2) is 4.57 Å². The van der Waals surface area contributed by atoms with Crippen molar-refractivity contribution in [2.24, 2.45) is 0 Å². The number of hydrogen-bond donors (Lipinski definition) is 0. The summed E-state index contributed by atoms with van der Waals surface area (Å²) in [6.07, 6.45) is 0. The zero-order valence-electron chi connectivity index (χ0n) is 35.1. The predicted molar refractivity (Wildman–Crippen MR) is 272 cm³/mol. The minimum Gasteiger partial charge on any atom is -0.310 e. The molecular weight excluding hydrogens is 773 g/mol. The molecule has 2 heteroatoms. The lowest BCUT2D eigenvalue weighted by molar-refractivity contribution is 1.18. The number of rotatable bonds is 8. The molecule has 12 aromatic rings. The van der Waals surface area contributed by atoms with Crippen molar-refractivity contribution in [1.29, 1.82) is 0 Å². The third-order valence-corrected chi connectivity index (χ3v) is 12.8. The molecule has 64 heavy (non-hydrogen) atoms. The first-order valence-corrected chi connectivity index (χ1v) is 22.0. The second-order valence-electron chi connectivity index (χ2n) is 16.5. The van der Waals surface area contributed by atoms with Gasteiger partial charge < -0.3 is 9.47 Å². The topological polar surface area (TPSA) is 8.17 Å². The van der Waals surface area contributed by atoms with E-state index in [0.29, 0.717) is 0 Å². The van der Waals surface area contributed by atoms with Crippen LogP contribution in [-0.2, 0) is 0 Å². The quantitative estimate of drug-likeness (QED) is 0.148. The molecule has 0 aliphatic heterocycles. The van der Waals surface area contributed by atoms with Gasteiger partial charge in [-0.25, -0.2) is 0 Å². The highest BCUT2D eigenvalue weighted by atomic mass is 15.1. The molecule has 300 valence electrons. The van der Waals surface area contributed by atoms with Crippen LogP contribution in [0.1, 0.15) is 0 Å². The average Bonchev–Trinajstić information content (AvgIpc) is 3.70. The Balaban J connectivity index is 0.968. The molecule has 0 unspecified atom stereocenters. The van der Waals surface area contributed by atoms with Gasteiger partial charge in [-0.2, -0.15) is 0 Å². The maximum absolute atomic E-state index is 2.42. The summed E-state index contributed by atoms with van der Waals surface area (Å²) in [5.74, 6) is 0. The largest absolute Gasteiger partial charge is 0.310 e. The van der Waals surface area contributed by atoms with E-state index in [9.17, 15) is 0 Å². The van der Waals surface area contributed by atoms with Crippen LogP contribution in [0.2, 0.25) is 0 Å². The Morgan fingerprint density at radius 3 is 1.47 bits per heavy atom. The Morgan fingerprint density at radius 1 is 0.266 bits per heavy atom. The van der Waals surface area contributed by atoms with Crippen LogP contribution in [0.3, 0.4) is 0 Å². The van der Waals surface area contributed by atoms with Gasteiger partial charge in [-0.05, 0) is 133 Å². The van der Waals surface area contributed by atoms with Gasteiger partial charge in [0.05, 0.1) is 11.0 Å². The van der Waals surface area contributed by atoms with Crippen molar-refractivity contribution < 1.29 is 0 Å². The van der Waals surface area contributed by atoms with Gasteiger partial charge >= 0.3 is 0 Å². The van der Waals surface area contributed by atoms with Gasteiger partial charge in [0.15, 0.2) is 0 Å². The van der Waals surface area contributed by atoms with E-state index in [-0.39, 0.29) is 0 Å². The number of anilines is 3. The zero-order valence-corrected chi connectivity index (χ0v) is 35.1. The smallest absolute Gasteiger partial charge is 0.0547 e. The first kappa shape index (κ1) is 37.3. The summed E-state index contributed by atoms with van der Waals surface area (Å²) in [7, 11) is 0.